The Morgan fingerprint density at radius 3 is 2.07 bits per heavy atom. The summed E-state index contributed by atoms with van der Waals surface area (Å²) in [5.41, 5.74) is 1.06. The molecule has 1 rings (SSSR count). The highest BCUT2D eigenvalue weighted by Crippen LogP contribution is 2.16. The van der Waals surface area contributed by atoms with E-state index in [0.717, 1.165) is 11.3 Å². The molecule has 0 N–H and O–H groups in total. The predicted octanol–water partition coefficient (Wildman–Crippen LogP) is 2.55. The number of rotatable bonds is 5. The second-order valence-corrected chi connectivity index (χ2v) is 3.70. The molecule has 0 spiro atoms. The van der Waals surface area contributed by atoms with Gasteiger partial charge in [-0.05, 0) is 38.1 Å². The van der Waals surface area contributed by atoms with Crippen LogP contribution >= 0.6 is 0 Å². The molecule has 1 aromatic carbocycles. The quantitative estimate of drug-likeness (QED) is 0.551. The number of benzene rings is 1. The highest BCUT2D eigenvalue weighted by molar-refractivity contribution is 5.26. The standard InChI is InChI=1S/C12H19NO2/c1-4-13(14,5-2)10-11-6-8-12(15-3)9-7-11/h6-9H,4-5,10H2,1-3H3. The Morgan fingerprint density at radius 2 is 1.67 bits per heavy atom. The highest BCUT2D eigenvalue weighted by Gasteiger charge is 2.11. The molecule has 84 valence electrons. The summed E-state index contributed by atoms with van der Waals surface area (Å²) < 4.78 is 4.91. The Bertz CT molecular complexity index is 291. The summed E-state index contributed by atoms with van der Waals surface area (Å²) in [4.78, 5) is 0. The summed E-state index contributed by atoms with van der Waals surface area (Å²) in [6, 6.07) is 7.69. The van der Waals surface area contributed by atoms with Crippen molar-refractivity contribution in [3.05, 3.63) is 35.0 Å². The van der Waals surface area contributed by atoms with Crippen LogP contribution in [-0.2, 0) is 6.54 Å². The van der Waals surface area contributed by atoms with Gasteiger partial charge in [-0.1, -0.05) is 0 Å². The first-order valence-electron chi connectivity index (χ1n) is 5.33. The fourth-order valence-electron chi connectivity index (χ4n) is 1.51. The zero-order chi connectivity index (χ0) is 11.3. The van der Waals surface area contributed by atoms with Crippen molar-refractivity contribution >= 4 is 0 Å². The van der Waals surface area contributed by atoms with Gasteiger partial charge in [0.25, 0.3) is 0 Å². The minimum Gasteiger partial charge on any atom is -0.633 e. The Morgan fingerprint density at radius 1 is 1.13 bits per heavy atom. The lowest BCUT2D eigenvalue weighted by molar-refractivity contribution is -0.890. The van der Waals surface area contributed by atoms with Crippen LogP contribution in [0.1, 0.15) is 19.4 Å². The van der Waals surface area contributed by atoms with Crippen molar-refractivity contribution in [3.8, 4) is 5.75 Å². The maximum Gasteiger partial charge on any atom is 0.118 e. The van der Waals surface area contributed by atoms with Gasteiger partial charge in [0.05, 0.1) is 20.2 Å². The molecular formula is C12H19NO2. The first-order chi connectivity index (χ1) is 7.13. The van der Waals surface area contributed by atoms with E-state index in [4.69, 9.17) is 4.74 Å². The molecular weight excluding hydrogens is 190 g/mol. The van der Waals surface area contributed by atoms with Crippen LogP contribution in [-0.4, -0.2) is 24.8 Å². The number of hydroxylamine groups is 3. The summed E-state index contributed by atoms with van der Waals surface area (Å²) in [7, 11) is 1.64. The third-order valence-electron chi connectivity index (χ3n) is 2.78. The lowest BCUT2D eigenvalue weighted by Crippen LogP contribution is -2.40. The van der Waals surface area contributed by atoms with Crippen molar-refractivity contribution in [2.24, 2.45) is 0 Å². The van der Waals surface area contributed by atoms with E-state index in [1.165, 1.54) is 0 Å². The van der Waals surface area contributed by atoms with Crippen LogP contribution in [0.4, 0.5) is 0 Å². The average Bonchev–Trinajstić information content (AvgIpc) is 2.30. The molecule has 0 aliphatic carbocycles. The Kier molecular flexibility index (Phi) is 4.12. The summed E-state index contributed by atoms with van der Waals surface area (Å²) in [6.45, 7) is 5.63. The van der Waals surface area contributed by atoms with Crippen molar-refractivity contribution in [1.29, 1.82) is 0 Å². The first kappa shape index (κ1) is 12.0. The third kappa shape index (κ3) is 3.22. The topological polar surface area (TPSA) is 32.3 Å². The SMILES string of the molecule is CC[N+]([O-])(CC)Cc1ccc(OC)cc1. The zero-order valence-corrected chi connectivity index (χ0v) is 9.69. The summed E-state index contributed by atoms with van der Waals surface area (Å²) >= 11 is 0. The van der Waals surface area contributed by atoms with Crippen LogP contribution in [0.5, 0.6) is 5.75 Å². The summed E-state index contributed by atoms with van der Waals surface area (Å²) in [5, 5.41) is 12.1. The van der Waals surface area contributed by atoms with Crippen LogP contribution in [0, 0.1) is 5.21 Å². The van der Waals surface area contributed by atoms with E-state index in [2.05, 4.69) is 0 Å². The fourth-order valence-corrected chi connectivity index (χ4v) is 1.51. The monoisotopic (exact) mass is 209 g/mol. The molecule has 0 aromatic heterocycles. The van der Waals surface area contributed by atoms with Gasteiger partial charge in [-0.15, -0.1) is 0 Å². The minimum absolute atomic E-state index is 0.160. The van der Waals surface area contributed by atoms with E-state index in [-0.39, 0.29) is 4.65 Å². The van der Waals surface area contributed by atoms with E-state index >= 15 is 0 Å². The van der Waals surface area contributed by atoms with E-state index in [1.807, 2.05) is 38.1 Å². The van der Waals surface area contributed by atoms with Gasteiger partial charge in [0.1, 0.15) is 12.3 Å². The van der Waals surface area contributed by atoms with Crippen molar-refractivity contribution in [2.75, 3.05) is 20.2 Å². The molecule has 0 heterocycles. The molecule has 0 saturated carbocycles. The third-order valence-corrected chi connectivity index (χ3v) is 2.78. The number of quaternary nitrogens is 1. The van der Waals surface area contributed by atoms with Gasteiger partial charge in [-0.2, -0.15) is 0 Å². The Labute approximate surface area is 91.5 Å². The molecule has 0 atom stereocenters. The van der Waals surface area contributed by atoms with Crippen LogP contribution in [0.2, 0.25) is 0 Å². The summed E-state index contributed by atoms with van der Waals surface area (Å²) in [6.07, 6.45) is 0. The normalized spacial score (nSPS) is 11.5. The van der Waals surface area contributed by atoms with Crippen molar-refractivity contribution < 1.29 is 9.38 Å². The van der Waals surface area contributed by atoms with Crippen LogP contribution in [0.25, 0.3) is 0 Å². The molecule has 0 fully saturated rings. The number of hydrogen-bond acceptors (Lipinski definition) is 2. The lowest BCUT2D eigenvalue weighted by Gasteiger charge is -2.41. The molecule has 0 saturated heterocycles. The van der Waals surface area contributed by atoms with E-state index in [0.29, 0.717) is 19.6 Å². The zero-order valence-electron chi connectivity index (χ0n) is 9.69. The largest absolute Gasteiger partial charge is 0.633 e. The number of methoxy groups -OCH3 is 1. The van der Waals surface area contributed by atoms with Gasteiger partial charge < -0.3 is 14.6 Å². The lowest BCUT2D eigenvalue weighted by atomic mass is 10.2. The molecule has 0 aliphatic heterocycles. The van der Waals surface area contributed by atoms with E-state index in [9.17, 15) is 5.21 Å². The van der Waals surface area contributed by atoms with Crippen LogP contribution < -0.4 is 4.74 Å². The number of hydrogen-bond donors (Lipinski definition) is 0. The molecule has 1 aromatic rings. The Balaban J connectivity index is 2.71. The van der Waals surface area contributed by atoms with Crippen molar-refractivity contribution in [1.82, 2.24) is 0 Å². The maximum atomic E-state index is 12.1. The maximum absolute atomic E-state index is 12.1. The Hall–Kier alpha value is -1.06. The van der Waals surface area contributed by atoms with Crippen LogP contribution in [0.15, 0.2) is 24.3 Å². The van der Waals surface area contributed by atoms with Crippen LogP contribution in [0.3, 0.4) is 0 Å². The second-order valence-electron chi connectivity index (χ2n) is 3.70. The van der Waals surface area contributed by atoms with Gasteiger partial charge in [0.15, 0.2) is 0 Å². The summed E-state index contributed by atoms with van der Waals surface area (Å²) in [5.74, 6) is 0.829. The molecule has 3 nitrogen and oxygen atoms in total. The fraction of sp³-hybridized carbons (Fsp3) is 0.500. The molecule has 0 bridgehead atoms. The minimum atomic E-state index is -0.160. The molecule has 15 heavy (non-hydrogen) atoms. The van der Waals surface area contributed by atoms with Gasteiger partial charge >= 0.3 is 0 Å². The van der Waals surface area contributed by atoms with E-state index < -0.39 is 0 Å². The predicted molar refractivity (Wildman–Crippen MR) is 61.4 cm³/mol. The number of ether oxygens (including phenoxy) is 1. The number of nitrogens with zero attached hydrogens (tertiary/aromatic N) is 1. The molecule has 0 aliphatic rings. The van der Waals surface area contributed by atoms with Gasteiger partial charge in [-0.3, -0.25) is 0 Å². The first-order valence-corrected chi connectivity index (χ1v) is 5.33. The van der Waals surface area contributed by atoms with Gasteiger partial charge in [0.2, 0.25) is 0 Å². The molecule has 0 radical (unpaired) electrons. The molecule has 3 heteroatoms. The second kappa shape index (κ2) is 5.14. The smallest absolute Gasteiger partial charge is 0.118 e. The van der Waals surface area contributed by atoms with Crippen molar-refractivity contribution in [3.63, 3.8) is 0 Å². The average molecular weight is 209 g/mol. The molecule has 0 amide bonds. The van der Waals surface area contributed by atoms with Gasteiger partial charge in [0, 0.05) is 5.56 Å². The van der Waals surface area contributed by atoms with E-state index in [1.54, 1.807) is 7.11 Å². The molecule has 0 unspecified atom stereocenters. The highest BCUT2D eigenvalue weighted by atomic mass is 16.5. The van der Waals surface area contributed by atoms with Crippen molar-refractivity contribution in [2.45, 2.75) is 20.4 Å². The van der Waals surface area contributed by atoms with Gasteiger partial charge in [-0.25, -0.2) is 0 Å².